The minimum Gasteiger partial charge on any atom is -0.367 e. The number of pyridine rings is 3. The molecule has 6 nitrogen and oxygen atoms in total. The van der Waals surface area contributed by atoms with Crippen LogP contribution in [-0.4, -0.2) is 26.1 Å². The van der Waals surface area contributed by atoms with Gasteiger partial charge in [-0.2, -0.15) is 5.26 Å². The van der Waals surface area contributed by atoms with Gasteiger partial charge in [0.1, 0.15) is 11.6 Å². The molecule has 0 bridgehead atoms. The Labute approximate surface area is 281 Å². The summed E-state index contributed by atoms with van der Waals surface area (Å²) in [5.41, 5.74) is 8.50. The topological polar surface area (TPSA) is 79.4 Å². The molecule has 4 aromatic heterocycles. The Morgan fingerprint density at radius 2 is 1.53 bits per heavy atom. The van der Waals surface area contributed by atoms with E-state index in [4.69, 9.17) is 9.97 Å². The molecule has 49 heavy (non-hydrogen) atoms. The number of aromatic nitrogens is 4. The lowest BCUT2D eigenvalue weighted by molar-refractivity contribution is 1.03. The van der Waals surface area contributed by atoms with Gasteiger partial charge in [0, 0.05) is 52.8 Å². The Bertz CT molecular complexity index is 2810. The first kappa shape index (κ1) is 27.3. The molecule has 0 amide bonds. The molecule has 5 aromatic carbocycles. The first-order valence-electron chi connectivity index (χ1n) is 16.3. The summed E-state index contributed by atoms with van der Waals surface area (Å²) in [6, 6.07) is 40.4. The van der Waals surface area contributed by atoms with Crippen molar-refractivity contribution in [2.45, 2.75) is 0 Å². The van der Waals surface area contributed by atoms with Crippen molar-refractivity contribution in [3.63, 3.8) is 0 Å². The van der Waals surface area contributed by atoms with Crippen molar-refractivity contribution in [2.24, 2.45) is 0 Å². The maximum absolute atomic E-state index is 9.55. The van der Waals surface area contributed by atoms with Crippen LogP contribution in [0.3, 0.4) is 0 Å². The smallest absolute Gasteiger partial charge is 0.138 e. The van der Waals surface area contributed by atoms with Gasteiger partial charge in [0.15, 0.2) is 0 Å². The molecular formula is C43H26N6. The van der Waals surface area contributed by atoms with Gasteiger partial charge in [-0.1, -0.05) is 66.7 Å². The Hall–Kier alpha value is -6.84. The number of nitrogens with one attached hydrogen (secondary N) is 1. The monoisotopic (exact) mass is 626 g/mol. The molecule has 228 valence electrons. The van der Waals surface area contributed by atoms with Crippen LogP contribution in [0.2, 0.25) is 0 Å². The minimum absolute atomic E-state index is 0.636. The molecule has 1 aliphatic heterocycles. The van der Waals surface area contributed by atoms with Gasteiger partial charge in [-0.05, 0) is 92.5 Å². The number of hydrogen-bond acceptors (Lipinski definition) is 5. The zero-order valence-electron chi connectivity index (χ0n) is 26.2. The van der Waals surface area contributed by atoms with Gasteiger partial charge in [0.25, 0.3) is 0 Å². The maximum atomic E-state index is 9.55. The molecule has 0 saturated heterocycles. The average molecular weight is 627 g/mol. The summed E-state index contributed by atoms with van der Waals surface area (Å²) in [4.78, 5) is 14.6. The third kappa shape index (κ3) is 4.23. The van der Waals surface area contributed by atoms with Gasteiger partial charge < -0.3 is 5.32 Å². The van der Waals surface area contributed by atoms with E-state index in [2.05, 4.69) is 112 Å². The van der Waals surface area contributed by atoms with E-state index in [1.165, 1.54) is 32.3 Å². The zero-order valence-corrected chi connectivity index (χ0v) is 26.2. The Morgan fingerprint density at radius 1 is 0.694 bits per heavy atom. The van der Waals surface area contributed by atoms with E-state index in [9.17, 15) is 5.26 Å². The maximum Gasteiger partial charge on any atom is 0.138 e. The fraction of sp³-hybridized carbons (Fsp3) is 0.0233. The quantitative estimate of drug-likeness (QED) is 0.197. The summed E-state index contributed by atoms with van der Waals surface area (Å²) in [5, 5.41) is 21.5. The zero-order chi connectivity index (χ0) is 32.5. The second-order valence-corrected chi connectivity index (χ2v) is 12.5. The third-order valence-corrected chi connectivity index (χ3v) is 9.70. The van der Waals surface area contributed by atoms with Crippen LogP contribution in [-0.2, 0) is 0 Å². The number of anilines is 1. The van der Waals surface area contributed by atoms with E-state index in [1.54, 1.807) is 6.20 Å². The fourth-order valence-electron chi connectivity index (χ4n) is 7.44. The number of nitriles is 1. The summed E-state index contributed by atoms with van der Waals surface area (Å²) in [6.45, 7) is 0.729. The number of rotatable bonds is 4. The standard InChI is InChI=1S/C43H26N6/c44-23-26-8-16-39-36(20-26)35-7-3-19-46-43(35)49(39)40-17-13-30(25-47-40)32-21-37(31-6-2-18-45-24-31)48-38(22-32)33-14-11-29-10-9-27-4-1-5-28-12-15-34(33)42(29)41(27)28/h1-18,20-22,24-25,46H,19H2. The SMILES string of the molecule is N#Cc1ccc2c(c1)c1c(n2-c2ccc(-c3cc(-c4cccnc4)nc(-c4ccc5ccc6cccc7ccc4c5c67)c3)cn2)NCC=C1. The lowest BCUT2D eigenvalue weighted by atomic mass is 9.90. The largest absolute Gasteiger partial charge is 0.367 e. The second-order valence-electron chi connectivity index (χ2n) is 12.5. The Morgan fingerprint density at radius 3 is 2.35 bits per heavy atom. The fourth-order valence-corrected chi connectivity index (χ4v) is 7.44. The molecule has 9 aromatic rings. The molecule has 0 saturated carbocycles. The lowest BCUT2D eigenvalue weighted by Gasteiger charge is -2.16. The van der Waals surface area contributed by atoms with E-state index in [0.29, 0.717) is 5.56 Å². The predicted octanol–water partition coefficient (Wildman–Crippen LogP) is 10.0. The molecule has 0 spiro atoms. The number of hydrogen-bond donors (Lipinski definition) is 1. The predicted molar refractivity (Wildman–Crippen MR) is 199 cm³/mol. The molecule has 1 N–H and O–H groups in total. The van der Waals surface area contributed by atoms with Crippen molar-refractivity contribution in [3.05, 3.63) is 145 Å². The van der Waals surface area contributed by atoms with E-state index in [-0.39, 0.29) is 0 Å². The van der Waals surface area contributed by atoms with Gasteiger partial charge >= 0.3 is 0 Å². The van der Waals surface area contributed by atoms with Crippen LogP contribution in [0.25, 0.3) is 88.8 Å². The van der Waals surface area contributed by atoms with E-state index < -0.39 is 0 Å². The van der Waals surface area contributed by atoms with Gasteiger partial charge in [-0.25, -0.2) is 9.97 Å². The summed E-state index contributed by atoms with van der Waals surface area (Å²) in [6.07, 6.45) is 9.81. The molecule has 0 radical (unpaired) electrons. The van der Waals surface area contributed by atoms with Crippen molar-refractivity contribution in [1.29, 1.82) is 5.26 Å². The normalized spacial score (nSPS) is 12.5. The molecule has 0 atom stereocenters. The first-order valence-corrected chi connectivity index (χ1v) is 16.3. The molecular weight excluding hydrogens is 601 g/mol. The van der Waals surface area contributed by atoms with Gasteiger partial charge in [0.2, 0.25) is 0 Å². The highest BCUT2D eigenvalue weighted by Crippen LogP contribution is 2.41. The summed E-state index contributed by atoms with van der Waals surface area (Å²) < 4.78 is 2.14. The summed E-state index contributed by atoms with van der Waals surface area (Å²) >= 11 is 0. The molecule has 0 fully saturated rings. The minimum atomic E-state index is 0.636. The third-order valence-electron chi connectivity index (χ3n) is 9.70. The first-order chi connectivity index (χ1) is 24.2. The number of nitrogens with zero attached hydrogens (tertiary/aromatic N) is 5. The van der Waals surface area contributed by atoms with Crippen LogP contribution < -0.4 is 5.32 Å². The summed E-state index contributed by atoms with van der Waals surface area (Å²) in [5.74, 6) is 1.78. The Balaban J connectivity index is 1.14. The second kappa shape index (κ2) is 10.6. The van der Waals surface area contributed by atoms with Gasteiger partial charge in [-0.3, -0.25) is 9.55 Å². The van der Waals surface area contributed by atoms with E-state index in [1.807, 2.05) is 42.7 Å². The van der Waals surface area contributed by atoms with Gasteiger partial charge in [-0.15, -0.1) is 0 Å². The van der Waals surface area contributed by atoms with Crippen LogP contribution in [0.15, 0.2) is 134 Å². The lowest BCUT2D eigenvalue weighted by Crippen LogP contribution is -2.09. The van der Waals surface area contributed by atoms with E-state index >= 15 is 0 Å². The van der Waals surface area contributed by atoms with Crippen molar-refractivity contribution in [3.8, 4) is 45.5 Å². The molecule has 1 aliphatic rings. The molecule has 0 unspecified atom stereocenters. The van der Waals surface area contributed by atoms with Crippen molar-refractivity contribution < 1.29 is 0 Å². The molecule has 10 rings (SSSR count). The van der Waals surface area contributed by atoms with Crippen molar-refractivity contribution in [1.82, 2.24) is 19.5 Å². The number of fused-ring (bicyclic) bond motifs is 3. The van der Waals surface area contributed by atoms with Crippen LogP contribution in [0.5, 0.6) is 0 Å². The van der Waals surface area contributed by atoms with E-state index in [0.717, 1.165) is 68.3 Å². The Kier molecular flexibility index (Phi) is 5.90. The molecule has 5 heterocycles. The van der Waals surface area contributed by atoms with Crippen molar-refractivity contribution >= 4 is 55.1 Å². The number of benzene rings is 5. The van der Waals surface area contributed by atoms with Crippen LogP contribution in [0.1, 0.15) is 11.1 Å². The van der Waals surface area contributed by atoms with Crippen LogP contribution in [0.4, 0.5) is 5.82 Å². The van der Waals surface area contributed by atoms with Crippen molar-refractivity contribution in [2.75, 3.05) is 11.9 Å². The van der Waals surface area contributed by atoms with Crippen LogP contribution >= 0.6 is 0 Å². The molecule has 0 aliphatic carbocycles. The highest BCUT2D eigenvalue weighted by Gasteiger charge is 2.20. The molecule has 6 heteroatoms. The van der Waals surface area contributed by atoms with Crippen LogP contribution in [0, 0.1) is 11.3 Å². The highest BCUT2D eigenvalue weighted by atomic mass is 15.2. The highest BCUT2D eigenvalue weighted by molar-refractivity contribution is 6.25. The van der Waals surface area contributed by atoms with Gasteiger partial charge in [0.05, 0.1) is 28.5 Å². The summed E-state index contributed by atoms with van der Waals surface area (Å²) in [7, 11) is 0. The average Bonchev–Trinajstić information content (AvgIpc) is 3.50.